The number of alkyl halides is 2. The molecule has 0 amide bonds. The van der Waals surface area contributed by atoms with Crippen LogP contribution in [0, 0.1) is 11.8 Å². The summed E-state index contributed by atoms with van der Waals surface area (Å²) in [4.78, 5) is 0. The first-order chi connectivity index (χ1) is 4.70. The number of halogens is 2. The molecule has 1 heterocycles. The average molecular weight is 149 g/mol. The van der Waals surface area contributed by atoms with Gasteiger partial charge in [0.15, 0.2) is 0 Å². The Morgan fingerprint density at radius 3 is 2.50 bits per heavy atom. The molecule has 0 unspecified atom stereocenters. The SMILES string of the molecule is C[C@@H]1CNC[C@H](C(F)F)C1. The fraction of sp³-hybridized carbons (Fsp3) is 1.00. The lowest BCUT2D eigenvalue weighted by atomic mass is 9.92. The van der Waals surface area contributed by atoms with Crippen molar-refractivity contribution in [2.75, 3.05) is 13.1 Å². The van der Waals surface area contributed by atoms with Crippen molar-refractivity contribution in [3.05, 3.63) is 0 Å². The molecule has 1 N–H and O–H groups in total. The van der Waals surface area contributed by atoms with E-state index in [9.17, 15) is 8.78 Å². The van der Waals surface area contributed by atoms with Crippen LogP contribution in [0.3, 0.4) is 0 Å². The maximum Gasteiger partial charge on any atom is 0.242 e. The third-order valence-corrected chi connectivity index (χ3v) is 1.96. The van der Waals surface area contributed by atoms with E-state index in [1.54, 1.807) is 0 Å². The second-order valence-electron chi connectivity index (χ2n) is 3.09. The fourth-order valence-corrected chi connectivity index (χ4v) is 1.39. The Balaban J connectivity index is 2.32. The van der Waals surface area contributed by atoms with E-state index in [1.807, 2.05) is 6.92 Å². The molecule has 1 fully saturated rings. The summed E-state index contributed by atoms with van der Waals surface area (Å²) in [6.07, 6.45) is -1.47. The molecule has 3 heteroatoms. The number of nitrogens with one attached hydrogen (secondary N) is 1. The van der Waals surface area contributed by atoms with Crippen LogP contribution >= 0.6 is 0 Å². The number of piperidine rings is 1. The summed E-state index contributed by atoms with van der Waals surface area (Å²) in [5.41, 5.74) is 0. The van der Waals surface area contributed by atoms with Crippen molar-refractivity contribution in [3.8, 4) is 0 Å². The lowest BCUT2D eigenvalue weighted by Gasteiger charge is -2.26. The van der Waals surface area contributed by atoms with E-state index in [2.05, 4.69) is 5.32 Å². The van der Waals surface area contributed by atoms with Gasteiger partial charge in [-0.2, -0.15) is 0 Å². The second-order valence-corrected chi connectivity index (χ2v) is 3.09. The van der Waals surface area contributed by atoms with Gasteiger partial charge in [0, 0.05) is 12.5 Å². The van der Waals surface area contributed by atoms with E-state index < -0.39 is 12.3 Å². The van der Waals surface area contributed by atoms with Gasteiger partial charge in [0.1, 0.15) is 0 Å². The van der Waals surface area contributed by atoms with Crippen LogP contribution in [0.1, 0.15) is 13.3 Å². The van der Waals surface area contributed by atoms with Crippen molar-refractivity contribution in [3.63, 3.8) is 0 Å². The van der Waals surface area contributed by atoms with E-state index in [0.29, 0.717) is 18.9 Å². The molecule has 0 radical (unpaired) electrons. The van der Waals surface area contributed by atoms with Gasteiger partial charge < -0.3 is 5.32 Å². The predicted octanol–water partition coefficient (Wildman–Crippen LogP) is 1.50. The largest absolute Gasteiger partial charge is 0.316 e. The summed E-state index contributed by atoms with van der Waals surface area (Å²) in [5.74, 6) is -0.00324. The zero-order valence-corrected chi connectivity index (χ0v) is 6.11. The maximum absolute atomic E-state index is 12.1. The molecular formula is C7H13F2N. The van der Waals surface area contributed by atoms with Crippen LogP contribution in [0.2, 0.25) is 0 Å². The van der Waals surface area contributed by atoms with Crippen LogP contribution in [0.5, 0.6) is 0 Å². The summed E-state index contributed by atoms with van der Waals surface area (Å²) in [6, 6.07) is 0. The van der Waals surface area contributed by atoms with Crippen LogP contribution in [0.25, 0.3) is 0 Å². The van der Waals surface area contributed by atoms with Crippen LogP contribution in [0.4, 0.5) is 8.78 Å². The van der Waals surface area contributed by atoms with Crippen molar-refractivity contribution in [2.24, 2.45) is 11.8 Å². The normalized spacial score (nSPS) is 34.8. The molecule has 1 saturated heterocycles. The van der Waals surface area contributed by atoms with E-state index >= 15 is 0 Å². The van der Waals surface area contributed by atoms with Gasteiger partial charge in [0.05, 0.1) is 0 Å². The molecule has 0 saturated carbocycles. The highest BCUT2D eigenvalue weighted by atomic mass is 19.3. The quantitative estimate of drug-likeness (QED) is 0.595. The monoisotopic (exact) mass is 149 g/mol. The van der Waals surface area contributed by atoms with E-state index in [-0.39, 0.29) is 0 Å². The molecule has 2 atom stereocenters. The molecule has 1 aliphatic rings. The molecule has 0 aromatic heterocycles. The minimum absolute atomic E-state index is 0.410. The Bertz CT molecular complexity index is 106. The summed E-state index contributed by atoms with van der Waals surface area (Å²) >= 11 is 0. The molecule has 0 aromatic carbocycles. The highest BCUT2D eigenvalue weighted by Gasteiger charge is 2.25. The molecule has 0 spiro atoms. The van der Waals surface area contributed by atoms with Crippen molar-refractivity contribution < 1.29 is 8.78 Å². The number of rotatable bonds is 1. The first-order valence-electron chi connectivity index (χ1n) is 3.69. The molecule has 1 aliphatic heterocycles. The van der Waals surface area contributed by atoms with Crippen LogP contribution in [-0.4, -0.2) is 19.5 Å². The minimum Gasteiger partial charge on any atom is -0.316 e. The highest BCUT2D eigenvalue weighted by Crippen LogP contribution is 2.21. The first kappa shape index (κ1) is 7.92. The lowest BCUT2D eigenvalue weighted by Crippen LogP contribution is -2.38. The molecule has 10 heavy (non-hydrogen) atoms. The molecule has 60 valence electrons. The zero-order valence-electron chi connectivity index (χ0n) is 6.11. The van der Waals surface area contributed by atoms with Crippen LogP contribution in [0.15, 0.2) is 0 Å². The molecule has 0 aromatic rings. The van der Waals surface area contributed by atoms with Crippen molar-refractivity contribution in [1.82, 2.24) is 5.32 Å². The summed E-state index contributed by atoms with van der Waals surface area (Å²) in [5, 5.41) is 2.99. The number of hydrogen-bond donors (Lipinski definition) is 1. The molecule has 1 rings (SSSR count). The van der Waals surface area contributed by atoms with Gasteiger partial charge in [0.2, 0.25) is 6.43 Å². The second kappa shape index (κ2) is 3.28. The van der Waals surface area contributed by atoms with E-state index in [0.717, 1.165) is 6.54 Å². The smallest absolute Gasteiger partial charge is 0.242 e. The Kier molecular flexibility index (Phi) is 2.60. The summed E-state index contributed by atoms with van der Waals surface area (Å²) < 4.78 is 24.1. The maximum atomic E-state index is 12.1. The van der Waals surface area contributed by atoms with E-state index in [4.69, 9.17) is 0 Å². The molecule has 1 nitrogen and oxygen atoms in total. The lowest BCUT2D eigenvalue weighted by molar-refractivity contribution is 0.0524. The van der Waals surface area contributed by atoms with E-state index in [1.165, 1.54) is 0 Å². The minimum atomic E-state index is -2.14. The average Bonchev–Trinajstić information content (AvgIpc) is 1.88. The van der Waals surface area contributed by atoms with Gasteiger partial charge in [-0.3, -0.25) is 0 Å². The van der Waals surface area contributed by atoms with Gasteiger partial charge in [0.25, 0.3) is 0 Å². The van der Waals surface area contributed by atoms with Crippen LogP contribution < -0.4 is 5.32 Å². The van der Waals surface area contributed by atoms with Crippen molar-refractivity contribution >= 4 is 0 Å². The predicted molar refractivity (Wildman–Crippen MR) is 36.1 cm³/mol. The Morgan fingerprint density at radius 1 is 1.40 bits per heavy atom. The molecular weight excluding hydrogens is 136 g/mol. The summed E-state index contributed by atoms with van der Waals surface area (Å²) in [7, 11) is 0. The Morgan fingerprint density at radius 2 is 2.10 bits per heavy atom. The molecule has 0 bridgehead atoms. The first-order valence-corrected chi connectivity index (χ1v) is 3.69. The zero-order chi connectivity index (χ0) is 7.56. The van der Waals surface area contributed by atoms with Crippen LogP contribution in [-0.2, 0) is 0 Å². The van der Waals surface area contributed by atoms with Gasteiger partial charge >= 0.3 is 0 Å². The third-order valence-electron chi connectivity index (χ3n) is 1.96. The van der Waals surface area contributed by atoms with Gasteiger partial charge in [-0.05, 0) is 18.9 Å². The van der Waals surface area contributed by atoms with Crippen molar-refractivity contribution in [1.29, 1.82) is 0 Å². The Hall–Kier alpha value is -0.180. The standard InChI is InChI=1S/C7H13F2N/c1-5-2-6(7(8)9)4-10-3-5/h5-7,10H,2-4H2,1H3/t5-,6+/m0/s1. The highest BCUT2D eigenvalue weighted by molar-refractivity contribution is 4.74. The van der Waals surface area contributed by atoms with Gasteiger partial charge in [-0.15, -0.1) is 0 Å². The topological polar surface area (TPSA) is 12.0 Å². The summed E-state index contributed by atoms with van der Waals surface area (Å²) in [6.45, 7) is 3.38. The third kappa shape index (κ3) is 1.90. The fourth-order valence-electron chi connectivity index (χ4n) is 1.39. The van der Waals surface area contributed by atoms with Gasteiger partial charge in [-0.1, -0.05) is 6.92 Å². The van der Waals surface area contributed by atoms with Crippen molar-refractivity contribution in [2.45, 2.75) is 19.8 Å². The number of hydrogen-bond acceptors (Lipinski definition) is 1. The molecule has 0 aliphatic carbocycles. The Labute approximate surface area is 59.8 Å². The van der Waals surface area contributed by atoms with Gasteiger partial charge in [-0.25, -0.2) is 8.78 Å².